The molecule has 1 heterocycles. The van der Waals surface area contributed by atoms with Crippen LogP contribution in [0.15, 0.2) is 53.0 Å². The molecule has 1 atom stereocenters. The van der Waals surface area contributed by atoms with Crippen LogP contribution in [0.4, 0.5) is 4.79 Å². The molecular weight excluding hydrogens is 368 g/mol. The van der Waals surface area contributed by atoms with E-state index in [1.807, 2.05) is 42.5 Å². The Balaban J connectivity index is 1.62. The number of aryl methyl sites for hydroxylation is 1. The highest BCUT2D eigenvalue weighted by Gasteiger charge is 2.52. The smallest absolute Gasteiger partial charge is 0.323 e. The van der Waals surface area contributed by atoms with E-state index in [-0.39, 0.29) is 18.5 Å². The Bertz CT molecular complexity index is 836. The number of hydrogen-bond donors (Lipinski definition) is 1. The maximum absolute atomic E-state index is 13.0. The summed E-state index contributed by atoms with van der Waals surface area (Å²) >= 11 is 3.48. The first-order valence-electron chi connectivity index (χ1n) is 8.03. The molecule has 4 nitrogen and oxygen atoms in total. The predicted octanol–water partition coefficient (Wildman–Crippen LogP) is 3.43. The molecule has 1 N–H and O–H groups in total. The minimum absolute atomic E-state index is 0.113. The number of urea groups is 1. The molecule has 2 aromatic rings. The highest BCUT2D eigenvalue weighted by atomic mass is 79.9. The molecule has 24 heavy (non-hydrogen) atoms. The van der Waals surface area contributed by atoms with Crippen LogP contribution >= 0.6 is 15.9 Å². The van der Waals surface area contributed by atoms with Crippen LogP contribution in [0.3, 0.4) is 0 Å². The Kier molecular flexibility index (Phi) is 3.68. The minimum Gasteiger partial charge on any atom is -0.323 e. The van der Waals surface area contributed by atoms with Gasteiger partial charge < -0.3 is 5.32 Å². The lowest BCUT2D eigenvalue weighted by molar-refractivity contribution is -0.132. The summed E-state index contributed by atoms with van der Waals surface area (Å²) in [4.78, 5) is 26.9. The molecule has 2 aromatic carbocycles. The number of nitrogens with zero attached hydrogens (tertiary/aromatic N) is 1. The van der Waals surface area contributed by atoms with E-state index in [2.05, 4.69) is 27.3 Å². The molecule has 0 saturated carbocycles. The molecule has 1 fully saturated rings. The van der Waals surface area contributed by atoms with Crippen LogP contribution in [-0.2, 0) is 24.2 Å². The molecule has 1 unspecified atom stereocenters. The predicted molar refractivity (Wildman–Crippen MR) is 94.4 cm³/mol. The number of imide groups is 1. The molecule has 0 radical (unpaired) electrons. The molecule has 0 aromatic heterocycles. The summed E-state index contributed by atoms with van der Waals surface area (Å²) in [6.07, 6.45) is 2.03. The third-order valence-electron chi connectivity index (χ3n) is 4.96. The number of nitrogens with one attached hydrogen (secondary N) is 1. The first-order valence-corrected chi connectivity index (χ1v) is 8.83. The molecule has 1 spiro atoms. The number of carbonyl (C=O) groups excluding carboxylic acids is 2. The fraction of sp³-hybridized carbons (Fsp3) is 0.263. The fourth-order valence-corrected chi connectivity index (χ4v) is 4.05. The molecule has 0 bridgehead atoms. The molecule has 1 aliphatic carbocycles. The summed E-state index contributed by atoms with van der Waals surface area (Å²) in [5.41, 5.74) is 2.57. The second-order valence-electron chi connectivity index (χ2n) is 6.44. The standard InChI is InChI=1S/C19H17BrN2O2/c20-16-8-4-3-7-15(16)12-22-17(23)19(21-18(22)24)10-9-13-5-1-2-6-14(13)11-19/h1-8H,9-12H2,(H,21,24). The zero-order valence-electron chi connectivity index (χ0n) is 13.1. The van der Waals surface area contributed by atoms with Gasteiger partial charge in [0.05, 0.1) is 6.54 Å². The van der Waals surface area contributed by atoms with Crippen molar-refractivity contribution in [2.75, 3.05) is 0 Å². The number of carbonyl (C=O) groups is 2. The van der Waals surface area contributed by atoms with Gasteiger partial charge in [0.15, 0.2) is 0 Å². The van der Waals surface area contributed by atoms with Crippen LogP contribution < -0.4 is 5.32 Å². The van der Waals surface area contributed by atoms with E-state index in [9.17, 15) is 9.59 Å². The third kappa shape index (κ3) is 2.44. The summed E-state index contributed by atoms with van der Waals surface area (Å²) in [5.74, 6) is -0.113. The van der Waals surface area contributed by atoms with Crippen LogP contribution in [0, 0.1) is 0 Å². The molecule has 1 saturated heterocycles. The molecule has 1 aliphatic heterocycles. The van der Waals surface area contributed by atoms with Gasteiger partial charge in [0, 0.05) is 10.9 Å². The van der Waals surface area contributed by atoms with E-state index < -0.39 is 5.54 Å². The SMILES string of the molecule is O=C1NC2(CCc3ccccc3C2)C(=O)N1Cc1ccccc1Br. The van der Waals surface area contributed by atoms with Gasteiger partial charge in [0.1, 0.15) is 5.54 Å². The Morgan fingerprint density at radius 2 is 1.75 bits per heavy atom. The van der Waals surface area contributed by atoms with Crippen molar-refractivity contribution in [2.24, 2.45) is 0 Å². The highest BCUT2D eigenvalue weighted by molar-refractivity contribution is 9.10. The van der Waals surface area contributed by atoms with Crippen molar-refractivity contribution in [3.8, 4) is 0 Å². The average molecular weight is 385 g/mol. The zero-order valence-corrected chi connectivity index (χ0v) is 14.7. The average Bonchev–Trinajstić information content (AvgIpc) is 2.81. The monoisotopic (exact) mass is 384 g/mol. The van der Waals surface area contributed by atoms with Gasteiger partial charge in [0.2, 0.25) is 0 Å². The highest BCUT2D eigenvalue weighted by Crippen LogP contribution is 2.34. The van der Waals surface area contributed by atoms with Crippen molar-refractivity contribution in [3.05, 3.63) is 69.7 Å². The second kappa shape index (κ2) is 5.74. The number of fused-ring (bicyclic) bond motifs is 1. The number of rotatable bonds is 2. The van der Waals surface area contributed by atoms with Crippen LogP contribution in [0.25, 0.3) is 0 Å². The van der Waals surface area contributed by atoms with Gasteiger partial charge in [-0.05, 0) is 35.6 Å². The zero-order chi connectivity index (χ0) is 16.7. The van der Waals surface area contributed by atoms with Crippen molar-refractivity contribution in [3.63, 3.8) is 0 Å². The Morgan fingerprint density at radius 3 is 2.54 bits per heavy atom. The lowest BCUT2D eigenvalue weighted by Gasteiger charge is -2.32. The number of amides is 3. The fourth-order valence-electron chi connectivity index (χ4n) is 3.64. The van der Waals surface area contributed by atoms with Crippen LogP contribution in [0.1, 0.15) is 23.1 Å². The van der Waals surface area contributed by atoms with Crippen molar-refractivity contribution in [1.82, 2.24) is 10.2 Å². The molecule has 3 amide bonds. The topological polar surface area (TPSA) is 49.4 Å². The van der Waals surface area contributed by atoms with Crippen LogP contribution in [0.2, 0.25) is 0 Å². The van der Waals surface area contributed by atoms with Crippen molar-refractivity contribution >= 4 is 27.9 Å². The summed E-state index contributed by atoms with van der Waals surface area (Å²) in [6, 6.07) is 15.5. The van der Waals surface area contributed by atoms with Gasteiger partial charge in [-0.25, -0.2) is 4.79 Å². The molecular formula is C19H17BrN2O2. The Labute approximate surface area is 149 Å². The summed E-state index contributed by atoms with van der Waals surface area (Å²) in [6.45, 7) is 0.287. The third-order valence-corrected chi connectivity index (χ3v) is 5.74. The van der Waals surface area contributed by atoms with Crippen molar-refractivity contribution in [1.29, 1.82) is 0 Å². The molecule has 122 valence electrons. The lowest BCUT2D eigenvalue weighted by Crippen LogP contribution is -2.51. The maximum atomic E-state index is 13.0. The largest absolute Gasteiger partial charge is 0.325 e. The molecule has 2 aliphatic rings. The number of halogens is 1. The Morgan fingerprint density at radius 1 is 1.04 bits per heavy atom. The molecule has 5 heteroatoms. The van der Waals surface area contributed by atoms with Crippen LogP contribution in [0.5, 0.6) is 0 Å². The normalized spacial score (nSPS) is 22.6. The lowest BCUT2D eigenvalue weighted by atomic mass is 9.78. The van der Waals surface area contributed by atoms with E-state index in [0.29, 0.717) is 12.8 Å². The summed E-state index contributed by atoms with van der Waals surface area (Å²) in [7, 11) is 0. The van der Waals surface area contributed by atoms with Gasteiger partial charge in [-0.2, -0.15) is 0 Å². The van der Waals surface area contributed by atoms with E-state index in [1.165, 1.54) is 10.5 Å². The first kappa shape index (κ1) is 15.4. The Hall–Kier alpha value is -2.14. The van der Waals surface area contributed by atoms with Crippen molar-refractivity contribution in [2.45, 2.75) is 31.3 Å². The number of benzene rings is 2. The van der Waals surface area contributed by atoms with Gasteiger partial charge in [0.25, 0.3) is 5.91 Å². The minimum atomic E-state index is -0.785. The second-order valence-corrected chi connectivity index (χ2v) is 7.29. The maximum Gasteiger partial charge on any atom is 0.325 e. The van der Waals surface area contributed by atoms with Gasteiger partial charge in [-0.1, -0.05) is 58.4 Å². The van der Waals surface area contributed by atoms with Gasteiger partial charge in [-0.15, -0.1) is 0 Å². The van der Waals surface area contributed by atoms with Crippen molar-refractivity contribution < 1.29 is 9.59 Å². The van der Waals surface area contributed by atoms with E-state index >= 15 is 0 Å². The van der Waals surface area contributed by atoms with E-state index in [4.69, 9.17) is 0 Å². The molecule has 4 rings (SSSR count). The van der Waals surface area contributed by atoms with Gasteiger partial charge >= 0.3 is 6.03 Å². The summed E-state index contributed by atoms with van der Waals surface area (Å²) in [5, 5.41) is 2.97. The summed E-state index contributed by atoms with van der Waals surface area (Å²) < 4.78 is 0.903. The van der Waals surface area contributed by atoms with E-state index in [1.54, 1.807) is 0 Å². The quantitative estimate of drug-likeness (QED) is 0.806. The van der Waals surface area contributed by atoms with Gasteiger partial charge in [-0.3, -0.25) is 9.69 Å². The first-order chi connectivity index (χ1) is 11.6. The van der Waals surface area contributed by atoms with E-state index in [0.717, 1.165) is 22.0 Å². The number of hydrogen-bond acceptors (Lipinski definition) is 2. The van der Waals surface area contributed by atoms with Crippen LogP contribution in [-0.4, -0.2) is 22.4 Å².